The lowest BCUT2D eigenvalue weighted by molar-refractivity contribution is -0.118. The van der Waals surface area contributed by atoms with Crippen molar-refractivity contribution in [2.24, 2.45) is 5.92 Å². The van der Waals surface area contributed by atoms with Crippen molar-refractivity contribution in [2.45, 2.75) is 38.6 Å². The van der Waals surface area contributed by atoms with Gasteiger partial charge in [0.1, 0.15) is 23.5 Å². The maximum absolute atomic E-state index is 12.3. The summed E-state index contributed by atoms with van der Waals surface area (Å²) in [5, 5.41) is 20.8. The van der Waals surface area contributed by atoms with Crippen molar-refractivity contribution >= 4 is 12.0 Å². The van der Waals surface area contributed by atoms with E-state index in [1.165, 1.54) is 6.42 Å². The van der Waals surface area contributed by atoms with E-state index in [0.29, 0.717) is 11.7 Å². The molecule has 0 bridgehead atoms. The molecule has 1 aromatic carbocycles. The van der Waals surface area contributed by atoms with Crippen LogP contribution in [0.1, 0.15) is 38.2 Å². The van der Waals surface area contributed by atoms with E-state index in [1.54, 1.807) is 30.3 Å². The van der Waals surface area contributed by atoms with Crippen LogP contribution in [0.3, 0.4) is 0 Å². The van der Waals surface area contributed by atoms with Gasteiger partial charge in [0.2, 0.25) is 0 Å². The minimum atomic E-state index is -0.318. The van der Waals surface area contributed by atoms with Crippen LogP contribution in [0, 0.1) is 28.6 Å². The summed E-state index contributed by atoms with van der Waals surface area (Å²) in [7, 11) is 0. The van der Waals surface area contributed by atoms with Gasteiger partial charge in [0.05, 0.1) is 0 Å². The second kappa shape index (κ2) is 8.74. The zero-order valence-corrected chi connectivity index (χ0v) is 13.8. The number of hydrogen-bond acceptors (Lipinski definition) is 4. The van der Waals surface area contributed by atoms with Gasteiger partial charge in [-0.2, -0.15) is 10.5 Å². The van der Waals surface area contributed by atoms with Crippen LogP contribution in [0.5, 0.6) is 5.75 Å². The van der Waals surface area contributed by atoms with Gasteiger partial charge < -0.3 is 10.1 Å². The molecule has 2 atom stereocenters. The van der Waals surface area contributed by atoms with Gasteiger partial charge in [-0.1, -0.05) is 31.9 Å². The fraction of sp³-hybridized carbons (Fsp3) is 0.421. The molecular weight excluding hydrogens is 302 g/mol. The first kappa shape index (κ1) is 17.6. The van der Waals surface area contributed by atoms with Gasteiger partial charge in [-0.15, -0.1) is 0 Å². The van der Waals surface area contributed by atoms with Crippen LogP contribution >= 0.6 is 0 Å². The number of ether oxygens (including phenoxy) is 1. The van der Waals surface area contributed by atoms with Gasteiger partial charge in [0.25, 0.3) is 5.91 Å². The molecule has 1 fully saturated rings. The molecule has 1 aliphatic rings. The highest BCUT2D eigenvalue weighted by Crippen LogP contribution is 2.24. The molecule has 5 heteroatoms. The van der Waals surface area contributed by atoms with E-state index in [1.807, 2.05) is 12.1 Å². The van der Waals surface area contributed by atoms with Crippen LogP contribution in [0.25, 0.3) is 6.08 Å². The number of nitrogens with one attached hydrogen (secondary N) is 1. The van der Waals surface area contributed by atoms with Gasteiger partial charge in [-0.05, 0) is 42.5 Å². The predicted molar refractivity (Wildman–Crippen MR) is 90.7 cm³/mol. The van der Waals surface area contributed by atoms with E-state index in [0.717, 1.165) is 24.8 Å². The average Bonchev–Trinajstić information content (AvgIpc) is 2.60. The van der Waals surface area contributed by atoms with E-state index < -0.39 is 0 Å². The minimum Gasteiger partial charge on any atom is -0.479 e. The molecule has 124 valence electrons. The normalized spacial score (nSPS) is 20.5. The molecule has 0 aliphatic heterocycles. The van der Waals surface area contributed by atoms with Crippen LogP contribution in [-0.2, 0) is 4.79 Å². The van der Waals surface area contributed by atoms with Crippen molar-refractivity contribution in [3.63, 3.8) is 0 Å². The van der Waals surface area contributed by atoms with Gasteiger partial charge in [0.15, 0.2) is 6.61 Å². The van der Waals surface area contributed by atoms with Crippen molar-refractivity contribution < 1.29 is 9.53 Å². The Labute approximate surface area is 142 Å². The van der Waals surface area contributed by atoms with Crippen molar-refractivity contribution in [2.75, 3.05) is 6.61 Å². The smallest absolute Gasteiger partial charge is 0.262 e. The van der Waals surface area contributed by atoms with Gasteiger partial charge in [0, 0.05) is 6.04 Å². The Bertz CT molecular complexity index is 680. The first-order valence-electron chi connectivity index (χ1n) is 8.16. The number of carbonyl (C=O) groups excluding carboxylic acids is 1. The maximum Gasteiger partial charge on any atom is 0.262 e. The molecule has 0 heterocycles. The number of nitrogens with zero attached hydrogens (tertiary/aromatic N) is 2. The van der Waals surface area contributed by atoms with E-state index >= 15 is 0 Å². The zero-order chi connectivity index (χ0) is 17.4. The summed E-state index contributed by atoms with van der Waals surface area (Å²) in [6, 6.07) is 10.9. The molecule has 1 aromatic rings. The Balaban J connectivity index is 2.04. The Morgan fingerprint density at radius 3 is 2.62 bits per heavy atom. The topological polar surface area (TPSA) is 85.9 Å². The molecule has 0 saturated heterocycles. The lowest BCUT2D eigenvalue weighted by atomic mass is 9.86. The highest BCUT2D eigenvalue weighted by molar-refractivity contribution is 6.01. The van der Waals surface area contributed by atoms with E-state index in [2.05, 4.69) is 12.2 Å². The quantitative estimate of drug-likeness (QED) is 0.666. The molecule has 1 amide bonds. The summed E-state index contributed by atoms with van der Waals surface area (Å²) in [5.74, 6) is 0.702. The second-order valence-electron chi connectivity index (χ2n) is 6.03. The summed E-state index contributed by atoms with van der Waals surface area (Å²) >= 11 is 0. The molecule has 24 heavy (non-hydrogen) atoms. The monoisotopic (exact) mass is 323 g/mol. The standard InChI is InChI=1S/C19H21N3O2/c1-14-4-2-3-5-18(14)22-19(23)16(13-21)12-15-6-8-17(9-7-15)24-11-10-20/h6-9,12,14,18H,2-5,11H2,1H3,(H,22,23)/b16-12+/t14-,18+/m0/s1. The molecule has 1 saturated carbocycles. The van der Waals surface area contributed by atoms with Crippen molar-refractivity contribution in [1.82, 2.24) is 5.32 Å². The number of nitriles is 2. The summed E-state index contributed by atoms with van der Waals surface area (Å²) in [5.41, 5.74) is 0.834. The second-order valence-corrected chi connectivity index (χ2v) is 6.03. The van der Waals surface area contributed by atoms with E-state index in [-0.39, 0.29) is 24.1 Å². The summed E-state index contributed by atoms with van der Waals surface area (Å²) in [6.07, 6.45) is 5.97. The number of benzene rings is 1. The molecule has 5 nitrogen and oxygen atoms in total. The number of carbonyl (C=O) groups is 1. The average molecular weight is 323 g/mol. The fourth-order valence-corrected chi connectivity index (χ4v) is 2.87. The SMILES string of the molecule is C[C@H]1CCCC[C@H]1NC(=O)/C(C#N)=C/c1ccc(OCC#N)cc1. The summed E-state index contributed by atoms with van der Waals surface area (Å²) in [4.78, 5) is 12.3. The van der Waals surface area contributed by atoms with Gasteiger partial charge >= 0.3 is 0 Å². The van der Waals surface area contributed by atoms with Crippen molar-refractivity contribution in [3.05, 3.63) is 35.4 Å². The van der Waals surface area contributed by atoms with Crippen LogP contribution in [0.4, 0.5) is 0 Å². The summed E-state index contributed by atoms with van der Waals surface area (Å²) in [6.45, 7) is 2.13. The lowest BCUT2D eigenvalue weighted by Gasteiger charge is -2.29. The Hall–Kier alpha value is -2.79. The number of amides is 1. The fourth-order valence-electron chi connectivity index (χ4n) is 2.87. The first-order valence-corrected chi connectivity index (χ1v) is 8.16. The molecule has 0 unspecified atom stereocenters. The molecule has 2 rings (SSSR count). The molecule has 0 aromatic heterocycles. The van der Waals surface area contributed by atoms with Gasteiger partial charge in [-0.25, -0.2) is 0 Å². The number of rotatable bonds is 5. The Kier molecular flexibility index (Phi) is 6.40. The van der Waals surface area contributed by atoms with Crippen LogP contribution in [0.15, 0.2) is 29.8 Å². The van der Waals surface area contributed by atoms with Crippen LogP contribution in [0.2, 0.25) is 0 Å². The molecule has 1 N–H and O–H groups in total. The van der Waals surface area contributed by atoms with E-state index in [9.17, 15) is 10.1 Å². The maximum atomic E-state index is 12.3. The third-order valence-corrected chi connectivity index (χ3v) is 4.29. The molecular formula is C19H21N3O2. The van der Waals surface area contributed by atoms with Crippen molar-refractivity contribution in [1.29, 1.82) is 10.5 Å². The molecule has 0 radical (unpaired) electrons. The predicted octanol–water partition coefficient (Wildman–Crippen LogP) is 3.19. The third kappa shape index (κ3) is 4.86. The number of hydrogen-bond donors (Lipinski definition) is 1. The molecule has 1 aliphatic carbocycles. The third-order valence-electron chi connectivity index (χ3n) is 4.29. The van der Waals surface area contributed by atoms with Crippen LogP contribution < -0.4 is 10.1 Å². The van der Waals surface area contributed by atoms with Crippen molar-refractivity contribution in [3.8, 4) is 17.9 Å². The Morgan fingerprint density at radius 1 is 1.29 bits per heavy atom. The highest BCUT2D eigenvalue weighted by atomic mass is 16.5. The van der Waals surface area contributed by atoms with Crippen LogP contribution in [-0.4, -0.2) is 18.6 Å². The lowest BCUT2D eigenvalue weighted by Crippen LogP contribution is -2.41. The van der Waals surface area contributed by atoms with E-state index in [4.69, 9.17) is 10.00 Å². The van der Waals surface area contributed by atoms with Gasteiger partial charge in [-0.3, -0.25) is 4.79 Å². The highest BCUT2D eigenvalue weighted by Gasteiger charge is 2.23. The molecule has 0 spiro atoms. The zero-order valence-electron chi connectivity index (χ0n) is 13.8. The minimum absolute atomic E-state index is 0.0133. The largest absolute Gasteiger partial charge is 0.479 e. The first-order chi connectivity index (χ1) is 11.6. The summed E-state index contributed by atoms with van der Waals surface area (Å²) < 4.78 is 5.18. The Morgan fingerprint density at radius 2 is 2.00 bits per heavy atom.